The third-order valence-corrected chi connectivity index (χ3v) is 4.62. The number of alkyl halides is 1. The monoisotopic (exact) mass is 380 g/mol. The second-order valence-corrected chi connectivity index (χ2v) is 6.92. The van der Waals surface area contributed by atoms with Gasteiger partial charge in [0.05, 0.1) is 5.56 Å². The first-order valence-electron chi connectivity index (χ1n) is 7.87. The summed E-state index contributed by atoms with van der Waals surface area (Å²) in [5, 5.41) is 10.4. The average molecular weight is 381 g/mol. The Morgan fingerprint density at radius 1 is 1.35 bits per heavy atom. The second kappa shape index (κ2) is 7.06. The Morgan fingerprint density at radius 3 is 2.69 bits per heavy atom. The molecule has 1 aliphatic heterocycles. The summed E-state index contributed by atoms with van der Waals surface area (Å²) < 4.78 is 11.9. The molecule has 0 bridgehead atoms. The zero-order chi connectivity index (χ0) is 18.9. The van der Waals surface area contributed by atoms with Gasteiger partial charge in [-0.25, -0.2) is 9.59 Å². The molecule has 0 aliphatic carbocycles. The topological polar surface area (TPSA) is 111 Å². The Labute approximate surface area is 152 Å². The molecule has 2 N–H and O–H groups in total. The number of rotatable bonds is 4. The highest BCUT2D eigenvalue weighted by molar-refractivity contribution is 6.24. The van der Waals surface area contributed by atoms with E-state index >= 15 is 0 Å². The summed E-state index contributed by atoms with van der Waals surface area (Å²) in [6, 6.07) is 9.52. The van der Waals surface area contributed by atoms with Crippen LogP contribution in [0.25, 0.3) is 0 Å². The van der Waals surface area contributed by atoms with Crippen molar-refractivity contribution in [2.45, 2.75) is 30.2 Å². The van der Waals surface area contributed by atoms with Crippen LogP contribution in [0, 0.1) is 0 Å². The van der Waals surface area contributed by atoms with E-state index in [-0.39, 0.29) is 6.61 Å². The van der Waals surface area contributed by atoms with Crippen LogP contribution in [0.4, 0.5) is 0 Å². The molecule has 1 aromatic heterocycles. The van der Waals surface area contributed by atoms with Crippen molar-refractivity contribution in [2.24, 2.45) is 0 Å². The molecule has 9 heteroatoms. The smallest absolute Gasteiger partial charge is 0.338 e. The lowest BCUT2D eigenvalue weighted by molar-refractivity contribution is -0.0540. The molecule has 1 fully saturated rings. The number of carbonyl (C=O) groups excluding carboxylic acids is 1. The lowest BCUT2D eigenvalue weighted by atomic mass is 10.0. The fourth-order valence-corrected chi connectivity index (χ4v) is 3.07. The van der Waals surface area contributed by atoms with Crippen molar-refractivity contribution in [3.63, 3.8) is 0 Å². The van der Waals surface area contributed by atoms with Crippen LogP contribution < -0.4 is 11.2 Å². The number of nitrogens with one attached hydrogen (secondary N) is 1. The van der Waals surface area contributed by atoms with Crippen LogP contribution in [0.5, 0.6) is 0 Å². The van der Waals surface area contributed by atoms with Gasteiger partial charge >= 0.3 is 11.7 Å². The van der Waals surface area contributed by atoms with Crippen molar-refractivity contribution in [3.8, 4) is 0 Å². The molecule has 3 rings (SSSR count). The normalized spacial score (nSPS) is 28.0. The molecule has 2 aromatic rings. The van der Waals surface area contributed by atoms with E-state index in [9.17, 15) is 19.5 Å². The van der Waals surface area contributed by atoms with E-state index in [0.29, 0.717) is 5.56 Å². The number of halogens is 1. The molecular formula is C17H17ClN2O6. The summed E-state index contributed by atoms with van der Waals surface area (Å²) in [6.07, 6.45) is -1.97. The Bertz CT molecular complexity index is 907. The number of carbonyl (C=O) groups is 1. The highest BCUT2D eigenvalue weighted by Crippen LogP contribution is 2.42. The Kier molecular flexibility index (Phi) is 4.99. The number of benzene rings is 1. The van der Waals surface area contributed by atoms with Gasteiger partial charge in [0.15, 0.2) is 6.23 Å². The number of aliphatic hydroxyl groups is 1. The van der Waals surface area contributed by atoms with Crippen molar-refractivity contribution in [1.82, 2.24) is 9.55 Å². The maximum absolute atomic E-state index is 12.0. The van der Waals surface area contributed by atoms with Crippen LogP contribution in [0.1, 0.15) is 23.5 Å². The van der Waals surface area contributed by atoms with E-state index in [1.165, 1.54) is 13.1 Å². The first-order valence-corrected chi connectivity index (χ1v) is 8.24. The van der Waals surface area contributed by atoms with Gasteiger partial charge in [-0.05, 0) is 19.1 Å². The Morgan fingerprint density at radius 2 is 2.04 bits per heavy atom. The predicted molar refractivity (Wildman–Crippen MR) is 92.2 cm³/mol. The summed E-state index contributed by atoms with van der Waals surface area (Å²) in [5.41, 5.74) is -0.917. The molecule has 2 heterocycles. The fraction of sp³-hybridized carbons (Fsp3) is 0.353. The summed E-state index contributed by atoms with van der Waals surface area (Å²) in [6.45, 7) is 1.26. The number of ether oxygens (including phenoxy) is 2. The molecule has 138 valence electrons. The molecule has 26 heavy (non-hydrogen) atoms. The molecule has 0 saturated carbocycles. The van der Waals surface area contributed by atoms with Crippen LogP contribution in [-0.2, 0) is 9.47 Å². The van der Waals surface area contributed by atoms with E-state index in [4.69, 9.17) is 21.1 Å². The molecule has 0 spiro atoms. The van der Waals surface area contributed by atoms with Crippen LogP contribution in [0.2, 0.25) is 0 Å². The fourth-order valence-electron chi connectivity index (χ4n) is 2.78. The van der Waals surface area contributed by atoms with Gasteiger partial charge in [-0.2, -0.15) is 0 Å². The molecule has 8 nitrogen and oxygen atoms in total. The Balaban J connectivity index is 1.75. The van der Waals surface area contributed by atoms with Crippen molar-refractivity contribution < 1.29 is 19.4 Å². The van der Waals surface area contributed by atoms with Crippen LogP contribution >= 0.6 is 11.6 Å². The molecule has 1 saturated heterocycles. The van der Waals surface area contributed by atoms with E-state index in [2.05, 4.69) is 4.98 Å². The van der Waals surface area contributed by atoms with Crippen molar-refractivity contribution in [3.05, 3.63) is 69.0 Å². The zero-order valence-corrected chi connectivity index (χ0v) is 14.6. The molecule has 0 amide bonds. The minimum atomic E-state index is -1.37. The van der Waals surface area contributed by atoms with Crippen molar-refractivity contribution in [2.75, 3.05) is 6.61 Å². The lowest BCUT2D eigenvalue weighted by Gasteiger charge is -2.26. The van der Waals surface area contributed by atoms with Gasteiger partial charge in [-0.1, -0.05) is 18.2 Å². The van der Waals surface area contributed by atoms with Gasteiger partial charge in [-0.15, -0.1) is 11.6 Å². The van der Waals surface area contributed by atoms with Gasteiger partial charge in [-0.3, -0.25) is 14.3 Å². The first kappa shape index (κ1) is 18.4. The third-order valence-electron chi connectivity index (χ3n) is 4.21. The average Bonchev–Trinajstić information content (AvgIpc) is 2.84. The SMILES string of the molecule is C[C@@]1(Cl)[C@H](O)[C@@H](COC(=O)c2ccccc2)O[C@H]1n1ccc(=O)[nH]c1=O. The molecule has 1 aromatic carbocycles. The number of aliphatic hydroxyl groups excluding tert-OH is 1. The van der Waals surface area contributed by atoms with E-state index in [1.54, 1.807) is 30.3 Å². The van der Waals surface area contributed by atoms with E-state index < -0.39 is 40.5 Å². The van der Waals surface area contributed by atoms with Gasteiger partial charge in [0, 0.05) is 12.3 Å². The minimum Gasteiger partial charge on any atom is -0.459 e. The summed E-state index contributed by atoms with van der Waals surface area (Å²) >= 11 is 6.39. The second-order valence-electron chi connectivity index (χ2n) is 6.10. The number of H-pyrrole nitrogens is 1. The molecule has 0 unspecified atom stereocenters. The highest BCUT2D eigenvalue weighted by Gasteiger charge is 2.53. The third kappa shape index (κ3) is 3.44. The molecule has 4 atom stereocenters. The van der Waals surface area contributed by atoms with Crippen molar-refractivity contribution in [1.29, 1.82) is 0 Å². The van der Waals surface area contributed by atoms with E-state index in [0.717, 1.165) is 10.6 Å². The highest BCUT2D eigenvalue weighted by atomic mass is 35.5. The van der Waals surface area contributed by atoms with Crippen molar-refractivity contribution >= 4 is 17.6 Å². The van der Waals surface area contributed by atoms with Gasteiger partial charge < -0.3 is 14.6 Å². The van der Waals surface area contributed by atoms with Crippen LogP contribution in [0.15, 0.2) is 52.2 Å². The van der Waals surface area contributed by atoms with Gasteiger partial charge in [0.25, 0.3) is 5.56 Å². The summed E-state index contributed by atoms with van der Waals surface area (Å²) in [5.74, 6) is -0.567. The molecular weight excluding hydrogens is 364 g/mol. The number of hydrogen-bond acceptors (Lipinski definition) is 6. The maximum atomic E-state index is 12.0. The largest absolute Gasteiger partial charge is 0.459 e. The molecule has 1 aliphatic rings. The number of esters is 1. The van der Waals surface area contributed by atoms with Crippen LogP contribution in [-0.4, -0.2) is 44.3 Å². The summed E-state index contributed by atoms with van der Waals surface area (Å²) in [7, 11) is 0. The quantitative estimate of drug-likeness (QED) is 0.595. The van der Waals surface area contributed by atoms with Gasteiger partial charge in [0.2, 0.25) is 0 Å². The van der Waals surface area contributed by atoms with Crippen LogP contribution in [0.3, 0.4) is 0 Å². The number of hydrogen-bond donors (Lipinski definition) is 2. The lowest BCUT2D eigenvalue weighted by Crippen LogP contribution is -2.43. The number of aromatic nitrogens is 2. The van der Waals surface area contributed by atoms with Gasteiger partial charge in [0.1, 0.15) is 23.7 Å². The number of nitrogens with zero attached hydrogens (tertiary/aromatic N) is 1. The first-order chi connectivity index (χ1) is 12.3. The Hall–Kier alpha value is -2.42. The predicted octanol–water partition coefficient (Wildman–Crippen LogP) is 0.649. The standard InChI is InChI=1S/C17H17ClN2O6/c1-17(18)13(22)11(9-25-14(23)10-5-3-2-4-6-10)26-15(17)20-8-7-12(21)19-16(20)24/h2-8,11,13,15,22H,9H2,1H3,(H,19,21,24)/t11-,13-,15-,17-/m1/s1. The number of aromatic amines is 1. The maximum Gasteiger partial charge on any atom is 0.338 e. The zero-order valence-electron chi connectivity index (χ0n) is 13.8. The minimum absolute atomic E-state index is 0.244. The van der Waals surface area contributed by atoms with E-state index in [1.807, 2.05) is 0 Å². The summed E-state index contributed by atoms with van der Waals surface area (Å²) in [4.78, 5) is 35.9. The molecule has 0 radical (unpaired) electrons.